The minimum absolute atomic E-state index is 0.105. The number of rotatable bonds is 14. The normalized spacial score (nSPS) is 13.3. The number of carbonyl (C=O) groups is 1. The lowest BCUT2D eigenvalue weighted by Crippen LogP contribution is -2.25. The lowest BCUT2D eigenvalue weighted by atomic mass is 10.1. The number of benzene rings is 1. The van der Waals surface area contributed by atoms with Crippen molar-refractivity contribution in [3.05, 3.63) is 29.8 Å². The molecule has 0 spiro atoms. The quantitative estimate of drug-likeness (QED) is 0.271. The molecule has 26 heavy (non-hydrogen) atoms. The van der Waals surface area contributed by atoms with E-state index in [2.05, 4.69) is 6.92 Å². The van der Waals surface area contributed by atoms with Crippen molar-refractivity contribution in [3.8, 4) is 5.75 Å². The molecule has 1 rings (SSSR count). The number of carbonyl (C=O) groups excluding carboxylic acids is 1. The van der Waals surface area contributed by atoms with Crippen molar-refractivity contribution in [1.82, 2.24) is 0 Å². The van der Waals surface area contributed by atoms with Crippen LogP contribution in [0, 0.1) is 0 Å². The Morgan fingerprint density at radius 3 is 2.12 bits per heavy atom. The van der Waals surface area contributed by atoms with Crippen molar-refractivity contribution in [2.24, 2.45) is 0 Å². The van der Waals surface area contributed by atoms with Crippen LogP contribution in [0.4, 0.5) is 0 Å². The van der Waals surface area contributed by atoms with E-state index in [1.807, 2.05) is 0 Å². The highest BCUT2D eigenvalue weighted by Crippen LogP contribution is 2.13. The van der Waals surface area contributed by atoms with Gasteiger partial charge in [0.15, 0.2) is 6.29 Å². The van der Waals surface area contributed by atoms with Gasteiger partial charge in [-0.05, 0) is 44.5 Å². The Balaban J connectivity index is 2.08. The molecule has 0 saturated carbocycles. The predicted molar refractivity (Wildman–Crippen MR) is 102 cm³/mol. The number of esters is 1. The van der Waals surface area contributed by atoms with Gasteiger partial charge in [0.2, 0.25) is 6.29 Å². The van der Waals surface area contributed by atoms with E-state index in [0.29, 0.717) is 12.2 Å². The van der Waals surface area contributed by atoms with Gasteiger partial charge in [0.25, 0.3) is 0 Å². The van der Waals surface area contributed by atoms with Gasteiger partial charge < -0.3 is 19.3 Å². The number of ether oxygens (including phenoxy) is 3. The molecule has 1 aromatic rings. The summed E-state index contributed by atoms with van der Waals surface area (Å²) >= 11 is 0. The molecule has 0 heterocycles. The first-order chi connectivity index (χ1) is 12.5. The van der Waals surface area contributed by atoms with Crippen molar-refractivity contribution in [3.63, 3.8) is 0 Å². The monoisotopic (exact) mass is 366 g/mol. The number of aromatic hydroxyl groups is 1. The zero-order chi connectivity index (χ0) is 19.2. The van der Waals surface area contributed by atoms with Crippen molar-refractivity contribution in [2.45, 2.75) is 84.7 Å². The van der Waals surface area contributed by atoms with Crippen molar-refractivity contribution in [1.29, 1.82) is 0 Å². The summed E-state index contributed by atoms with van der Waals surface area (Å²) in [5, 5.41) is 9.23. The molecular formula is C21H34O5. The van der Waals surface area contributed by atoms with Crippen LogP contribution >= 0.6 is 0 Å². The van der Waals surface area contributed by atoms with Gasteiger partial charge in [-0.1, -0.05) is 51.9 Å². The van der Waals surface area contributed by atoms with E-state index in [0.717, 1.165) is 6.42 Å². The van der Waals surface area contributed by atoms with Crippen molar-refractivity contribution in [2.75, 3.05) is 6.61 Å². The van der Waals surface area contributed by atoms with E-state index < -0.39 is 18.5 Å². The fourth-order valence-corrected chi connectivity index (χ4v) is 2.64. The Bertz CT molecular complexity index is 486. The Morgan fingerprint density at radius 1 is 0.923 bits per heavy atom. The van der Waals surface area contributed by atoms with Crippen LogP contribution in [0.3, 0.4) is 0 Å². The van der Waals surface area contributed by atoms with E-state index in [-0.39, 0.29) is 5.75 Å². The maximum Gasteiger partial charge on any atom is 0.340 e. The molecule has 5 nitrogen and oxygen atoms in total. The zero-order valence-corrected chi connectivity index (χ0v) is 16.4. The number of phenolic OH excluding ortho intramolecular Hbond substituents is 1. The Kier molecular flexibility index (Phi) is 11.7. The van der Waals surface area contributed by atoms with Crippen LogP contribution in [-0.2, 0) is 14.2 Å². The third-order valence-electron chi connectivity index (χ3n) is 4.11. The van der Waals surface area contributed by atoms with Crippen LogP contribution in [0.2, 0.25) is 0 Å². The number of hydrogen-bond donors (Lipinski definition) is 1. The first-order valence-corrected chi connectivity index (χ1v) is 9.80. The van der Waals surface area contributed by atoms with Gasteiger partial charge >= 0.3 is 5.97 Å². The minimum atomic E-state index is -0.704. The fraction of sp³-hybridized carbons (Fsp3) is 0.667. The highest BCUT2D eigenvalue weighted by Gasteiger charge is 2.15. The molecule has 0 saturated heterocycles. The first kappa shape index (κ1) is 22.5. The summed E-state index contributed by atoms with van der Waals surface area (Å²) in [5.74, 6) is -0.387. The summed E-state index contributed by atoms with van der Waals surface area (Å²) in [5.41, 5.74) is 0.366. The molecule has 1 aromatic carbocycles. The summed E-state index contributed by atoms with van der Waals surface area (Å²) in [7, 11) is 0. The third kappa shape index (κ3) is 10.4. The fourth-order valence-electron chi connectivity index (χ4n) is 2.64. The van der Waals surface area contributed by atoms with Crippen molar-refractivity contribution >= 4 is 5.97 Å². The molecule has 0 aliphatic rings. The molecular weight excluding hydrogens is 332 g/mol. The molecule has 0 aliphatic heterocycles. The second-order valence-electron chi connectivity index (χ2n) is 6.57. The van der Waals surface area contributed by atoms with E-state index >= 15 is 0 Å². The molecule has 5 heteroatoms. The Labute approximate surface area is 157 Å². The van der Waals surface area contributed by atoms with Gasteiger partial charge in [0, 0.05) is 6.61 Å². The second kappa shape index (κ2) is 13.6. The maximum absolute atomic E-state index is 11.9. The first-order valence-electron chi connectivity index (χ1n) is 9.80. The highest BCUT2D eigenvalue weighted by atomic mass is 16.8. The van der Waals surface area contributed by atoms with Crippen LogP contribution in [0.25, 0.3) is 0 Å². The van der Waals surface area contributed by atoms with Crippen LogP contribution in [0.15, 0.2) is 24.3 Å². The molecule has 1 N–H and O–H groups in total. The molecule has 0 aliphatic carbocycles. The third-order valence-corrected chi connectivity index (χ3v) is 4.11. The molecule has 2 unspecified atom stereocenters. The number of hydrogen-bond acceptors (Lipinski definition) is 5. The Hall–Kier alpha value is -1.59. The van der Waals surface area contributed by atoms with Gasteiger partial charge in [-0.3, -0.25) is 0 Å². The largest absolute Gasteiger partial charge is 0.508 e. The topological polar surface area (TPSA) is 65.0 Å². The molecule has 2 atom stereocenters. The van der Waals surface area contributed by atoms with E-state index in [9.17, 15) is 9.90 Å². The van der Waals surface area contributed by atoms with Crippen LogP contribution in [-0.4, -0.2) is 30.3 Å². The lowest BCUT2D eigenvalue weighted by molar-refractivity contribution is -0.213. The van der Waals surface area contributed by atoms with Crippen LogP contribution < -0.4 is 0 Å². The summed E-state index contributed by atoms with van der Waals surface area (Å²) in [6, 6.07) is 5.90. The standard InChI is InChI=1S/C21H34O5/c1-4-5-6-7-8-9-10-11-16-24-17(2)25-18(3)26-21(23)19-12-14-20(22)15-13-19/h12-15,17-18,22H,4-11,16H2,1-3H3. The van der Waals surface area contributed by atoms with E-state index in [1.54, 1.807) is 13.8 Å². The molecule has 0 radical (unpaired) electrons. The smallest absolute Gasteiger partial charge is 0.340 e. The molecule has 0 fully saturated rings. The van der Waals surface area contributed by atoms with Gasteiger partial charge in [-0.25, -0.2) is 4.79 Å². The SMILES string of the molecule is CCCCCCCCCCOC(C)OC(C)OC(=O)c1ccc(O)cc1. The molecule has 0 bridgehead atoms. The van der Waals surface area contributed by atoms with Crippen LogP contribution in [0.5, 0.6) is 5.75 Å². The Morgan fingerprint density at radius 2 is 1.50 bits per heavy atom. The molecule has 0 aromatic heterocycles. The van der Waals surface area contributed by atoms with Crippen LogP contribution in [0.1, 0.15) is 82.5 Å². The lowest BCUT2D eigenvalue weighted by Gasteiger charge is -2.19. The molecule has 0 amide bonds. The average Bonchev–Trinajstić information content (AvgIpc) is 2.60. The minimum Gasteiger partial charge on any atom is -0.508 e. The summed E-state index contributed by atoms with van der Waals surface area (Å²) in [4.78, 5) is 11.9. The summed E-state index contributed by atoms with van der Waals surface area (Å²) in [6.45, 7) is 6.34. The average molecular weight is 366 g/mol. The maximum atomic E-state index is 11.9. The predicted octanol–water partition coefficient (Wildman–Crippen LogP) is 5.41. The van der Waals surface area contributed by atoms with Gasteiger partial charge in [0.05, 0.1) is 5.56 Å². The number of phenols is 1. The van der Waals surface area contributed by atoms with E-state index in [4.69, 9.17) is 14.2 Å². The second-order valence-corrected chi connectivity index (χ2v) is 6.57. The zero-order valence-electron chi connectivity index (χ0n) is 16.4. The van der Waals surface area contributed by atoms with Gasteiger partial charge in [-0.15, -0.1) is 0 Å². The molecule has 148 valence electrons. The summed E-state index contributed by atoms with van der Waals surface area (Å²) in [6.07, 6.45) is 8.91. The number of unbranched alkanes of at least 4 members (excludes halogenated alkanes) is 7. The van der Waals surface area contributed by atoms with Crippen molar-refractivity contribution < 1.29 is 24.1 Å². The summed E-state index contributed by atoms with van der Waals surface area (Å²) < 4.78 is 16.4. The van der Waals surface area contributed by atoms with E-state index in [1.165, 1.54) is 69.2 Å². The highest BCUT2D eigenvalue weighted by molar-refractivity contribution is 5.89. The van der Waals surface area contributed by atoms with Gasteiger partial charge in [-0.2, -0.15) is 0 Å². The van der Waals surface area contributed by atoms with Gasteiger partial charge in [0.1, 0.15) is 5.75 Å².